The van der Waals surface area contributed by atoms with Gasteiger partial charge in [-0.15, -0.1) is 0 Å². The van der Waals surface area contributed by atoms with Crippen LogP contribution in [0.25, 0.3) is 0 Å². The minimum absolute atomic E-state index is 0.410. The molecule has 4 nitrogen and oxygen atoms in total. The largest absolute Gasteiger partial charge is 0.368 e. The summed E-state index contributed by atoms with van der Waals surface area (Å²) in [5, 5.41) is 4.32. The molecule has 0 spiro atoms. The highest BCUT2D eigenvalue weighted by atomic mass is 16.5. The maximum Gasteiger partial charge on any atom is 0.112 e. The molecule has 0 rings (SSSR count). The van der Waals surface area contributed by atoms with Gasteiger partial charge in [-0.3, -0.25) is 0 Å². The molecule has 0 aliphatic heterocycles. The highest BCUT2D eigenvalue weighted by Crippen LogP contribution is 2.08. The maximum atomic E-state index is 5.17. The molecule has 0 aliphatic carbocycles. The molecule has 0 heterocycles. The van der Waals surface area contributed by atoms with Crippen molar-refractivity contribution in [2.75, 3.05) is 27.7 Å². The summed E-state index contributed by atoms with van der Waals surface area (Å²) in [5.74, 6) is 0. The smallest absolute Gasteiger partial charge is 0.112 e. The first-order chi connectivity index (χ1) is 6.54. The third-order valence-corrected chi connectivity index (χ3v) is 2.04. The highest BCUT2D eigenvalue weighted by Gasteiger charge is 2.20. The molecule has 0 saturated heterocycles. The summed E-state index contributed by atoms with van der Waals surface area (Å²) in [7, 11) is 3.42. The zero-order chi connectivity index (χ0) is 11.1. The quantitative estimate of drug-likeness (QED) is 0.464. The Morgan fingerprint density at radius 2 is 1.07 bits per heavy atom. The minimum Gasteiger partial charge on any atom is -0.368 e. The summed E-state index contributed by atoms with van der Waals surface area (Å²) in [6, 6.07) is 0.819. The number of rotatable bonds is 7. The van der Waals surface area contributed by atoms with Crippen molar-refractivity contribution in [3.8, 4) is 0 Å². The van der Waals surface area contributed by atoms with E-state index in [0.29, 0.717) is 25.5 Å². The van der Waals surface area contributed by atoms with E-state index in [2.05, 4.69) is 37.7 Å². The number of hydrogen-bond acceptors (Lipinski definition) is 4. The van der Waals surface area contributed by atoms with Crippen LogP contribution in [0.4, 0.5) is 0 Å². The van der Waals surface area contributed by atoms with Crippen molar-refractivity contribution >= 4 is 0 Å². The fourth-order valence-corrected chi connectivity index (χ4v) is 1.30. The van der Waals surface area contributed by atoms with Crippen LogP contribution in [0.3, 0.4) is 0 Å². The molecule has 0 unspecified atom stereocenters. The maximum absolute atomic E-state index is 5.17. The van der Waals surface area contributed by atoms with Gasteiger partial charge in [-0.25, -0.2) is 10.0 Å². The van der Waals surface area contributed by atoms with Crippen LogP contribution in [0, 0.1) is 0 Å². The van der Waals surface area contributed by atoms with Crippen molar-refractivity contribution in [3.05, 3.63) is 0 Å². The van der Waals surface area contributed by atoms with E-state index in [-0.39, 0.29) is 0 Å². The minimum atomic E-state index is 0.410. The molecule has 0 bridgehead atoms. The van der Waals surface area contributed by atoms with Crippen LogP contribution in [-0.4, -0.2) is 49.8 Å². The highest BCUT2D eigenvalue weighted by molar-refractivity contribution is 4.61. The third kappa shape index (κ3) is 4.37. The van der Waals surface area contributed by atoms with Crippen LogP contribution in [0.1, 0.15) is 27.7 Å². The summed E-state index contributed by atoms with van der Waals surface area (Å²) < 4.78 is 10.3. The molecule has 0 fully saturated rings. The second-order valence-corrected chi connectivity index (χ2v) is 3.90. The summed E-state index contributed by atoms with van der Waals surface area (Å²) in [6.45, 7) is 9.76. The zero-order valence-electron chi connectivity index (χ0n) is 10.3. The van der Waals surface area contributed by atoms with Gasteiger partial charge in [0.05, 0.1) is 0 Å². The van der Waals surface area contributed by atoms with Gasteiger partial charge in [0.15, 0.2) is 0 Å². The van der Waals surface area contributed by atoms with Crippen molar-refractivity contribution in [3.63, 3.8) is 0 Å². The fourth-order valence-electron chi connectivity index (χ4n) is 1.30. The van der Waals surface area contributed by atoms with Crippen LogP contribution in [0.15, 0.2) is 0 Å². The van der Waals surface area contributed by atoms with Gasteiger partial charge in [0.1, 0.15) is 13.5 Å². The molecule has 0 atom stereocenters. The van der Waals surface area contributed by atoms with Crippen LogP contribution < -0.4 is 0 Å². The molecule has 0 aromatic carbocycles. The predicted octanol–water partition coefficient (Wildman–Crippen LogP) is 1.53. The summed E-state index contributed by atoms with van der Waals surface area (Å²) in [4.78, 5) is 0. The Labute approximate surface area is 87.7 Å². The van der Waals surface area contributed by atoms with Crippen LogP contribution in [0.5, 0.6) is 0 Å². The Hall–Kier alpha value is -0.160. The first-order valence-corrected chi connectivity index (χ1v) is 5.05. The van der Waals surface area contributed by atoms with Crippen LogP contribution >= 0.6 is 0 Å². The van der Waals surface area contributed by atoms with Gasteiger partial charge >= 0.3 is 0 Å². The second-order valence-electron chi connectivity index (χ2n) is 3.90. The Morgan fingerprint density at radius 1 is 0.786 bits per heavy atom. The number of methoxy groups -OCH3 is 2. The van der Waals surface area contributed by atoms with Crippen LogP contribution in [0.2, 0.25) is 0 Å². The Balaban J connectivity index is 4.37. The average molecular weight is 204 g/mol. The lowest BCUT2D eigenvalue weighted by Crippen LogP contribution is -2.51. The third-order valence-electron chi connectivity index (χ3n) is 2.04. The first kappa shape index (κ1) is 13.8. The van der Waals surface area contributed by atoms with E-state index in [1.807, 2.05) is 0 Å². The van der Waals surface area contributed by atoms with E-state index in [4.69, 9.17) is 9.47 Å². The van der Waals surface area contributed by atoms with Crippen molar-refractivity contribution in [2.24, 2.45) is 0 Å². The number of ether oxygens (including phenoxy) is 2. The van der Waals surface area contributed by atoms with Crippen LogP contribution in [-0.2, 0) is 9.47 Å². The monoisotopic (exact) mass is 204 g/mol. The van der Waals surface area contributed by atoms with Gasteiger partial charge in [0.25, 0.3) is 0 Å². The normalized spacial score (nSPS) is 12.4. The zero-order valence-corrected chi connectivity index (χ0v) is 10.3. The van der Waals surface area contributed by atoms with Gasteiger partial charge in [-0.05, 0) is 27.7 Å². The van der Waals surface area contributed by atoms with Crippen molar-refractivity contribution < 1.29 is 9.47 Å². The van der Waals surface area contributed by atoms with Gasteiger partial charge < -0.3 is 9.47 Å². The topological polar surface area (TPSA) is 24.9 Å². The molecule has 0 amide bonds. The summed E-state index contributed by atoms with van der Waals surface area (Å²) >= 11 is 0. The summed E-state index contributed by atoms with van der Waals surface area (Å²) in [5.41, 5.74) is 0. The van der Waals surface area contributed by atoms with Gasteiger partial charge in [0.2, 0.25) is 0 Å². The van der Waals surface area contributed by atoms with E-state index in [1.54, 1.807) is 14.2 Å². The molecule has 86 valence electrons. The average Bonchev–Trinajstić information content (AvgIpc) is 2.10. The molecule has 0 N–H and O–H groups in total. The van der Waals surface area contributed by atoms with Crippen molar-refractivity contribution in [2.45, 2.75) is 39.8 Å². The molecular formula is C10H24N2O2. The van der Waals surface area contributed by atoms with E-state index in [0.717, 1.165) is 0 Å². The summed E-state index contributed by atoms with van der Waals surface area (Å²) in [6.07, 6.45) is 0. The molecule has 0 aliphatic rings. The number of nitrogens with zero attached hydrogens (tertiary/aromatic N) is 2. The van der Waals surface area contributed by atoms with E-state index < -0.39 is 0 Å². The molecule has 0 radical (unpaired) electrons. The Bertz CT molecular complexity index is 124. The lowest BCUT2D eigenvalue weighted by molar-refractivity contribution is -0.170. The molecule has 0 aromatic heterocycles. The van der Waals surface area contributed by atoms with E-state index in [1.165, 1.54) is 0 Å². The standard InChI is InChI=1S/C10H24N2O2/c1-9(2)11(7-13-5)12(8-14-6)10(3)4/h9-10H,7-8H2,1-6H3. The Morgan fingerprint density at radius 3 is 1.21 bits per heavy atom. The first-order valence-electron chi connectivity index (χ1n) is 5.05. The van der Waals surface area contributed by atoms with Gasteiger partial charge in [-0.2, -0.15) is 0 Å². The van der Waals surface area contributed by atoms with E-state index >= 15 is 0 Å². The molecule has 0 aromatic rings. The molecule has 0 saturated carbocycles. The lowest BCUT2D eigenvalue weighted by atomic mass is 10.3. The Kier molecular flexibility index (Phi) is 7.09. The van der Waals surface area contributed by atoms with E-state index in [9.17, 15) is 0 Å². The fraction of sp³-hybridized carbons (Fsp3) is 1.00. The van der Waals surface area contributed by atoms with Crippen molar-refractivity contribution in [1.82, 2.24) is 10.0 Å². The molecular weight excluding hydrogens is 180 g/mol. The molecule has 4 heteroatoms. The van der Waals surface area contributed by atoms with Gasteiger partial charge in [-0.1, -0.05) is 0 Å². The number of hydrazine groups is 1. The van der Waals surface area contributed by atoms with Gasteiger partial charge in [0, 0.05) is 26.3 Å². The molecule has 14 heavy (non-hydrogen) atoms. The SMILES string of the molecule is COCN(C(C)C)N(COC)C(C)C. The van der Waals surface area contributed by atoms with Crippen molar-refractivity contribution in [1.29, 1.82) is 0 Å². The second kappa shape index (κ2) is 7.17. The number of hydrogen-bond donors (Lipinski definition) is 0. The predicted molar refractivity (Wildman–Crippen MR) is 57.7 cm³/mol. The lowest BCUT2D eigenvalue weighted by Gasteiger charge is -2.39.